The van der Waals surface area contributed by atoms with Gasteiger partial charge in [-0.3, -0.25) is 9.78 Å². The third-order valence-corrected chi connectivity index (χ3v) is 8.89. The van der Waals surface area contributed by atoms with Gasteiger partial charge in [-0.15, -0.1) is 0 Å². The van der Waals surface area contributed by atoms with Gasteiger partial charge in [0.05, 0.1) is 11.8 Å². The van der Waals surface area contributed by atoms with Crippen molar-refractivity contribution < 1.29 is 13.2 Å². The maximum Gasteiger partial charge on any atom is 0.281 e. The molecule has 1 atom stereocenters. The molecule has 0 radical (unpaired) electrons. The summed E-state index contributed by atoms with van der Waals surface area (Å²) >= 11 is 0. The Morgan fingerprint density at radius 2 is 1.68 bits per heavy atom. The van der Waals surface area contributed by atoms with Crippen molar-refractivity contribution in [2.75, 3.05) is 47.4 Å². The number of sulfonamides is 1. The van der Waals surface area contributed by atoms with E-state index in [9.17, 15) is 13.2 Å². The number of piperazine rings is 1. The molecule has 5 rings (SSSR count). The zero-order valence-corrected chi connectivity index (χ0v) is 22.6. The fourth-order valence-corrected chi connectivity index (χ4v) is 5.91. The number of hydrogen-bond acceptors (Lipinski definition) is 10. The number of hydrogen-bond donors (Lipinski definition) is 1. The van der Waals surface area contributed by atoms with E-state index in [0.717, 1.165) is 18.8 Å². The first-order valence-corrected chi connectivity index (χ1v) is 14.2. The Morgan fingerprint density at radius 1 is 0.947 bits per heavy atom. The van der Waals surface area contributed by atoms with E-state index in [-0.39, 0.29) is 16.1 Å². The summed E-state index contributed by atoms with van der Waals surface area (Å²) in [6.07, 6.45) is 7.61. The van der Waals surface area contributed by atoms with E-state index in [2.05, 4.69) is 55.2 Å². The highest BCUT2D eigenvalue weighted by atomic mass is 32.2. The Hall–Kier alpha value is -3.80. The Morgan fingerprint density at radius 3 is 2.34 bits per heavy atom. The summed E-state index contributed by atoms with van der Waals surface area (Å²) in [5, 5.41) is -0.208. The van der Waals surface area contributed by atoms with Gasteiger partial charge in [-0.05, 0) is 50.5 Å². The van der Waals surface area contributed by atoms with Crippen molar-refractivity contribution in [2.45, 2.75) is 37.8 Å². The molecule has 0 aliphatic carbocycles. The third kappa shape index (κ3) is 5.00. The molecule has 38 heavy (non-hydrogen) atoms. The number of pyridine rings is 2. The quantitative estimate of drug-likeness (QED) is 0.502. The van der Waals surface area contributed by atoms with Gasteiger partial charge in [0.1, 0.15) is 17.5 Å². The first-order valence-electron chi connectivity index (χ1n) is 12.7. The molecule has 0 aromatic carbocycles. The molecule has 0 bridgehead atoms. The zero-order chi connectivity index (χ0) is 26.9. The number of carbonyl (C=O) groups excluding carboxylic acids is 1. The summed E-state index contributed by atoms with van der Waals surface area (Å²) in [6.45, 7) is 9.81. The normalized spacial score (nSPS) is 19.4. The van der Waals surface area contributed by atoms with Crippen molar-refractivity contribution in [2.24, 2.45) is 5.92 Å². The van der Waals surface area contributed by atoms with Gasteiger partial charge < -0.3 is 14.7 Å². The zero-order valence-electron chi connectivity index (χ0n) is 21.8. The van der Waals surface area contributed by atoms with E-state index in [1.165, 1.54) is 6.07 Å². The summed E-state index contributed by atoms with van der Waals surface area (Å²) in [5.74, 6) is 1.50. The van der Waals surface area contributed by atoms with Gasteiger partial charge >= 0.3 is 0 Å². The van der Waals surface area contributed by atoms with Gasteiger partial charge in [0.25, 0.3) is 15.9 Å². The maximum atomic E-state index is 13.2. The van der Waals surface area contributed by atoms with Crippen LogP contribution in [0, 0.1) is 5.92 Å². The second-order valence-corrected chi connectivity index (χ2v) is 11.8. The average molecular weight is 537 g/mol. The Balaban J connectivity index is 1.31. The molecule has 1 unspecified atom stereocenters. The molecular weight excluding hydrogens is 504 g/mol. The Kier molecular flexibility index (Phi) is 6.91. The lowest BCUT2D eigenvalue weighted by Crippen LogP contribution is -2.47. The van der Waals surface area contributed by atoms with E-state index >= 15 is 0 Å². The van der Waals surface area contributed by atoms with E-state index < -0.39 is 15.9 Å². The molecule has 3 aromatic rings. The molecule has 2 saturated heterocycles. The number of aromatic nitrogens is 4. The monoisotopic (exact) mass is 536 g/mol. The smallest absolute Gasteiger partial charge is 0.281 e. The molecule has 2 fully saturated rings. The molecule has 0 spiro atoms. The third-order valence-electron chi connectivity index (χ3n) is 7.66. The van der Waals surface area contributed by atoms with Crippen LogP contribution < -0.4 is 19.4 Å². The lowest BCUT2D eigenvalue weighted by atomic mass is 9.90. The SMILES string of the molecule is CC1CCN(c2ncccc2C(=O)NS(=O)(=O)c2cccc(N3CCN(c4cnccn4)CC3)n2)C1(C)C. The van der Waals surface area contributed by atoms with Crippen LogP contribution in [0.25, 0.3) is 0 Å². The van der Waals surface area contributed by atoms with E-state index in [0.29, 0.717) is 43.7 Å². The number of anilines is 3. The number of amides is 1. The molecule has 0 saturated carbocycles. The van der Waals surface area contributed by atoms with Crippen LogP contribution in [0.3, 0.4) is 0 Å². The van der Waals surface area contributed by atoms with Gasteiger partial charge in [-0.1, -0.05) is 13.0 Å². The fraction of sp³-hybridized carbons (Fsp3) is 0.423. The molecule has 1 N–H and O–H groups in total. The van der Waals surface area contributed by atoms with Crippen molar-refractivity contribution in [3.05, 3.63) is 60.7 Å². The highest BCUT2D eigenvalue weighted by Gasteiger charge is 2.40. The van der Waals surface area contributed by atoms with Crippen molar-refractivity contribution in [1.29, 1.82) is 0 Å². The minimum Gasteiger partial charge on any atom is -0.353 e. The molecule has 11 nitrogen and oxygen atoms in total. The second-order valence-electron chi connectivity index (χ2n) is 10.2. The molecular formula is C26H32N8O3S. The Bertz CT molecular complexity index is 1410. The first-order chi connectivity index (χ1) is 18.2. The van der Waals surface area contributed by atoms with Gasteiger partial charge in [-0.25, -0.2) is 19.7 Å². The molecule has 1 amide bonds. The van der Waals surface area contributed by atoms with Crippen molar-refractivity contribution >= 4 is 33.4 Å². The largest absolute Gasteiger partial charge is 0.353 e. The molecule has 12 heteroatoms. The first kappa shape index (κ1) is 25.8. The molecule has 2 aliphatic heterocycles. The van der Waals surface area contributed by atoms with Crippen LogP contribution in [0.1, 0.15) is 37.6 Å². The van der Waals surface area contributed by atoms with Crippen molar-refractivity contribution in [1.82, 2.24) is 24.7 Å². The molecule has 5 heterocycles. The van der Waals surface area contributed by atoms with Crippen LogP contribution in [-0.2, 0) is 10.0 Å². The minimum atomic E-state index is -4.21. The van der Waals surface area contributed by atoms with Crippen LogP contribution >= 0.6 is 0 Å². The van der Waals surface area contributed by atoms with Crippen LogP contribution in [0.2, 0.25) is 0 Å². The van der Waals surface area contributed by atoms with Crippen LogP contribution in [0.5, 0.6) is 0 Å². The average Bonchev–Trinajstić information content (AvgIpc) is 3.20. The molecule has 3 aromatic heterocycles. The Labute approximate surface area is 223 Å². The topological polar surface area (TPSA) is 125 Å². The maximum absolute atomic E-state index is 13.2. The number of rotatable bonds is 6. The number of nitrogens with zero attached hydrogens (tertiary/aromatic N) is 7. The van der Waals surface area contributed by atoms with Gasteiger partial charge in [-0.2, -0.15) is 8.42 Å². The van der Waals surface area contributed by atoms with Crippen LogP contribution in [0.4, 0.5) is 17.5 Å². The highest BCUT2D eigenvalue weighted by molar-refractivity contribution is 7.90. The minimum absolute atomic E-state index is 0.208. The predicted molar refractivity (Wildman–Crippen MR) is 145 cm³/mol. The number of carbonyl (C=O) groups is 1. The van der Waals surface area contributed by atoms with E-state index in [4.69, 9.17) is 0 Å². The highest BCUT2D eigenvalue weighted by Crippen LogP contribution is 2.38. The van der Waals surface area contributed by atoms with Crippen molar-refractivity contribution in [3.63, 3.8) is 0 Å². The summed E-state index contributed by atoms with van der Waals surface area (Å²) in [6, 6.07) is 8.04. The van der Waals surface area contributed by atoms with E-state index in [1.54, 1.807) is 49.1 Å². The summed E-state index contributed by atoms with van der Waals surface area (Å²) in [7, 11) is -4.21. The van der Waals surface area contributed by atoms with Crippen molar-refractivity contribution in [3.8, 4) is 0 Å². The fourth-order valence-electron chi connectivity index (χ4n) is 4.98. The lowest BCUT2D eigenvalue weighted by Gasteiger charge is -2.36. The number of nitrogens with one attached hydrogen (secondary N) is 1. The molecule has 2 aliphatic rings. The summed E-state index contributed by atoms with van der Waals surface area (Å²) < 4.78 is 28.7. The van der Waals surface area contributed by atoms with Gasteiger partial charge in [0.15, 0.2) is 5.03 Å². The molecule has 200 valence electrons. The van der Waals surface area contributed by atoms with E-state index in [1.807, 2.05) is 4.90 Å². The van der Waals surface area contributed by atoms with Gasteiger partial charge in [0, 0.05) is 56.9 Å². The van der Waals surface area contributed by atoms with Crippen LogP contribution in [0.15, 0.2) is 60.1 Å². The lowest BCUT2D eigenvalue weighted by molar-refractivity contribution is 0.0981. The predicted octanol–water partition coefficient (Wildman–Crippen LogP) is 2.34. The summed E-state index contributed by atoms with van der Waals surface area (Å²) in [5.41, 5.74) is 0.00412. The van der Waals surface area contributed by atoms with Gasteiger partial charge in [0.2, 0.25) is 0 Å². The standard InChI is InChI=1S/C26H32N8O3S/c1-19-9-13-34(26(19,2)3)24-20(6-5-10-29-24)25(35)31-38(36,37)23-8-4-7-21(30-23)32-14-16-33(17-15-32)22-18-27-11-12-28-22/h4-8,10-12,18-19H,9,13-17H2,1-3H3,(H,31,35). The van der Waals surface area contributed by atoms with Crippen LogP contribution in [-0.4, -0.2) is 72.5 Å². The summed E-state index contributed by atoms with van der Waals surface area (Å²) in [4.78, 5) is 36.8. The second kappa shape index (κ2) is 10.2.